The van der Waals surface area contributed by atoms with Crippen molar-refractivity contribution in [2.24, 2.45) is 0 Å². The molecule has 0 radical (unpaired) electrons. The Balaban J connectivity index is 1.47. The van der Waals surface area contributed by atoms with Crippen molar-refractivity contribution in [2.45, 2.75) is 48.3 Å². The molecule has 3 rings (SSSR count). The van der Waals surface area contributed by atoms with Gasteiger partial charge in [-0.1, -0.05) is 31.0 Å². The molecule has 1 heterocycles. The lowest BCUT2D eigenvalue weighted by molar-refractivity contribution is -0.125. The number of esters is 1. The van der Waals surface area contributed by atoms with E-state index in [1.54, 1.807) is 0 Å². The van der Waals surface area contributed by atoms with Crippen molar-refractivity contribution >= 4 is 23.6 Å². The fourth-order valence-corrected chi connectivity index (χ4v) is 4.65. The molecule has 0 bridgehead atoms. The highest BCUT2D eigenvalue weighted by atomic mass is 32.2. The first-order chi connectivity index (χ1) is 14.5. The quantitative estimate of drug-likeness (QED) is 0.492. The van der Waals surface area contributed by atoms with Crippen molar-refractivity contribution < 1.29 is 27.8 Å². The van der Waals surface area contributed by atoms with Gasteiger partial charge < -0.3 is 14.8 Å². The standard InChI is InChI=1S/C21H28F2N2O4S/c22-20(23)30-17-6-4-16(5-7-17)19(27)29-14-18(26)24-15-21(8-2-1-3-9-21)25-10-12-28-13-11-25/h4-7,20H,1-3,8-15H2,(H,24,26). The second kappa shape index (κ2) is 11.1. The smallest absolute Gasteiger partial charge is 0.338 e. The van der Waals surface area contributed by atoms with Gasteiger partial charge in [-0.25, -0.2) is 4.79 Å². The molecule has 0 spiro atoms. The third-order valence-electron chi connectivity index (χ3n) is 5.73. The highest BCUT2D eigenvalue weighted by molar-refractivity contribution is 7.99. The van der Waals surface area contributed by atoms with Crippen molar-refractivity contribution in [3.63, 3.8) is 0 Å². The number of hydrogen-bond donors (Lipinski definition) is 1. The Morgan fingerprint density at radius 1 is 1.13 bits per heavy atom. The van der Waals surface area contributed by atoms with Crippen LogP contribution < -0.4 is 5.32 Å². The van der Waals surface area contributed by atoms with E-state index in [0.717, 1.165) is 38.8 Å². The Labute approximate surface area is 179 Å². The minimum Gasteiger partial charge on any atom is -0.452 e. The Bertz CT molecular complexity index is 705. The molecule has 166 valence electrons. The van der Waals surface area contributed by atoms with Crippen molar-refractivity contribution in [2.75, 3.05) is 39.5 Å². The van der Waals surface area contributed by atoms with Crippen LogP contribution >= 0.6 is 11.8 Å². The number of nitrogens with zero attached hydrogens (tertiary/aromatic N) is 1. The van der Waals surface area contributed by atoms with Gasteiger partial charge in [0.25, 0.3) is 11.7 Å². The molecule has 0 atom stereocenters. The van der Waals surface area contributed by atoms with Crippen LogP contribution in [0.25, 0.3) is 0 Å². The number of morpholine rings is 1. The lowest BCUT2D eigenvalue weighted by Crippen LogP contribution is -2.59. The number of ether oxygens (including phenoxy) is 2. The summed E-state index contributed by atoms with van der Waals surface area (Å²) in [5, 5.41) is 2.94. The molecule has 30 heavy (non-hydrogen) atoms. The van der Waals surface area contributed by atoms with E-state index in [-0.39, 0.29) is 23.6 Å². The average molecular weight is 443 g/mol. The van der Waals surface area contributed by atoms with Gasteiger partial charge in [0, 0.05) is 30.1 Å². The number of amides is 1. The highest BCUT2D eigenvalue weighted by Crippen LogP contribution is 2.33. The van der Waals surface area contributed by atoms with E-state index in [0.29, 0.717) is 36.4 Å². The molecule has 1 aromatic carbocycles. The maximum absolute atomic E-state index is 12.4. The lowest BCUT2D eigenvalue weighted by atomic mass is 9.79. The average Bonchev–Trinajstić information content (AvgIpc) is 2.77. The normalized spacial score (nSPS) is 19.4. The zero-order chi connectivity index (χ0) is 21.4. The lowest BCUT2D eigenvalue weighted by Gasteiger charge is -2.48. The van der Waals surface area contributed by atoms with Crippen LogP contribution in [0.4, 0.5) is 8.78 Å². The van der Waals surface area contributed by atoms with Crippen LogP contribution in [-0.2, 0) is 14.3 Å². The molecule has 2 aliphatic rings. The summed E-state index contributed by atoms with van der Waals surface area (Å²) in [6.07, 6.45) is 5.57. The zero-order valence-corrected chi connectivity index (χ0v) is 17.7. The number of carbonyl (C=O) groups is 2. The minimum absolute atomic E-state index is 0.0557. The van der Waals surface area contributed by atoms with Gasteiger partial charge in [0.05, 0.1) is 18.8 Å². The third-order valence-corrected chi connectivity index (χ3v) is 6.45. The highest BCUT2D eigenvalue weighted by Gasteiger charge is 2.38. The second-order valence-corrected chi connectivity index (χ2v) is 8.70. The molecule has 0 aromatic heterocycles. The van der Waals surface area contributed by atoms with Crippen LogP contribution in [0.3, 0.4) is 0 Å². The molecule has 2 fully saturated rings. The van der Waals surface area contributed by atoms with E-state index in [1.807, 2.05) is 0 Å². The number of benzene rings is 1. The molecule has 1 saturated heterocycles. The molecule has 0 unspecified atom stereocenters. The van der Waals surface area contributed by atoms with Crippen molar-refractivity contribution in [1.82, 2.24) is 10.2 Å². The van der Waals surface area contributed by atoms with Crippen molar-refractivity contribution in [3.05, 3.63) is 29.8 Å². The largest absolute Gasteiger partial charge is 0.452 e. The number of halogens is 2. The van der Waals surface area contributed by atoms with E-state index in [4.69, 9.17) is 9.47 Å². The molecule has 9 heteroatoms. The molecule has 1 aliphatic carbocycles. The molecular formula is C21H28F2N2O4S. The first-order valence-electron chi connectivity index (χ1n) is 10.3. The van der Waals surface area contributed by atoms with Gasteiger partial charge in [-0.3, -0.25) is 9.69 Å². The summed E-state index contributed by atoms with van der Waals surface area (Å²) in [5.41, 5.74) is 0.165. The van der Waals surface area contributed by atoms with Crippen molar-refractivity contribution in [3.8, 4) is 0 Å². The topological polar surface area (TPSA) is 67.9 Å². The monoisotopic (exact) mass is 442 g/mol. The van der Waals surface area contributed by atoms with Crippen molar-refractivity contribution in [1.29, 1.82) is 0 Å². The Kier molecular flexibility index (Phi) is 8.47. The first-order valence-corrected chi connectivity index (χ1v) is 11.2. The summed E-state index contributed by atoms with van der Waals surface area (Å²) >= 11 is 0.407. The summed E-state index contributed by atoms with van der Waals surface area (Å²) < 4.78 is 35.3. The van der Waals surface area contributed by atoms with Crippen LogP contribution in [0.2, 0.25) is 0 Å². The molecular weight excluding hydrogens is 414 g/mol. The van der Waals surface area contributed by atoms with Crippen LogP contribution in [0, 0.1) is 0 Å². The maximum Gasteiger partial charge on any atom is 0.338 e. The number of alkyl halides is 2. The number of nitrogens with one attached hydrogen (secondary N) is 1. The van der Waals surface area contributed by atoms with Gasteiger partial charge in [-0.05, 0) is 37.1 Å². The molecule has 1 aliphatic heterocycles. The van der Waals surface area contributed by atoms with Gasteiger partial charge in [0.2, 0.25) is 0 Å². The predicted molar refractivity (Wildman–Crippen MR) is 110 cm³/mol. The summed E-state index contributed by atoms with van der Waals surface area (Å²) in [7, 11) is 0. The van der Waals surface area contributed by atoms with Crippen LogP contribution in [-0.4, -0.2) is 67.5 Å². The van der Waals surface area contributed by atoms with E-state index in [1.165, 1.54) is 30.7 Å². The van der Waals surface area contributed by atoms with E-state index in [2.05, 4.69) is 10.2 Å². The SMILES string of the molecule is O=C(COC(=O)c1ccc(SC(F)F)cc1)NCC1(N2CCOCC2)CCCCC1. The molecule has 1 aromatic rings. The third kappa shape index (κ3) is 6.39. The summed E-state index contributed by atoms with van der Waals surface area (Å²) in [5.74, 6) is -3.51. The fourth-order valence-electron chi connectivity index (χ4n) is 4.15. The van der Waals surface area contributed by atoms with Gasteiger partial charge in [0.1, 0.15) is 0 Å². The zero-order valence-electron chi connectivity index (χ0n) is 16.9. The predicted octanol–water partition coefficient (Wildman–Crippen LogP) is 3.31. The molecule has 1 saturated carbocycles. The van der Waals surface area contributed by atoms with E-state index in [9.17, 15) is 18.4 Å². The minimum atomic E-state index is -2.52. The van der Waals surface area contributed by atoms with E-state index < -0.39 is 11.7 Å². The summed E-state index contributed by atoms with van der Waals surface area (Å²) in [6.45, 7) is 3.31. The van der Waals surface area contributed by atoms with Crippen LogP contribution in [0.5, 0.6) is 0 Å². The maximum atomic E-state index is 12.4. The molecule has 1 N–H and O–H groups in total. The Morgan fingerprint density at radius 2 is 1.80 bits per heavy atom. The van der Waals surface area contributed by atoms with Gasteiger partial charge in [-0.15, -0.1) is 0 Å². The number of hydrogen-bond acceptors (Lipinski definition) is 6. The molecule has 6 nitrogen and oxygen atoms in total. The Morgan fingerprint density at radius 3 is 2.43 bits per heavy atom. The summed E-state index contributed by atoms with van der Waals surface area (Å²) in [6, 6.07) is 5.70. The van der Waals surface area contributed by atoms with Gasteiger partial charge in [0.15, 0.2) is 6.61 Å². The number of rotatable bonds is 8. The van der Waals surface area contributed by atoms with Gasteiger partial charge in [-0.2, -0.15) is 8.78 Å². The number of carbonyl (C=O) groups excluding carboxylic acids is 2. The second-order valence-electron chi connectivity index (χ2n) is 7.64. The number of thioether (sulfide) groups is 1. The van der Waals surface area contributed by atoms with Crippen LogP contribution in [0.1, 0.15) is 42.5 Å². The van der Waals surface area contributed by atoms with Crippen LogP contribution in [0.15, 0.2) is 29.2 Å². The van der Waals surface area contributed by atoms with Gasteiger partial charge >= 0.3 is 5.97 Å². The Hall–Kier alpha value is -1.71. The van der Waals surface area contributed by atoms with E-state index >= 15 is 0 Å². The molecule has 1 amide bonds. The summed E-state index contributed by atoms with van der Waals surface area (Å²) in [4.78, 5) is 27.2. The first kappa shape index (κ1) is 23.0. The fraction of sp³-hybridized carbons (Fsp3) is 0.619.